The van der Waals surface area contributed by atoms with Crippen molar-refractivity contribution in [3.63, 3.8) is 0 Å². The van der Waals surface area contributed by atoms with Gasteiger partial charge in [-0.2, -0.15) is 5.10 Å². The molecule has 0 bridgehead atoms. The van der Waals surface area contributed by atoms with E-state index in [2.05, 4.69) is 38.0 Å². The van der Waals surface area contributed by atoms with Crippen LogP contribution in [-0.4, -0.2) is 21.0 Å². The largest absolute Gasteiger partial charge is 0.392 e. The predicted octanol–water partition coefficient (Wildman–Crippen LogP) is 3.64. The third-order valence-electron chi connectivity index (χ3n) is 4.31. The Balaban J connectivity index is 2.16. The van der Waals surface area contributed by atoms with Gasteiger partial charge in [0.15, 0.2) is 0 Å². The molecule has 3 heteroatoms. The van der Waals surface area contributed by atoms with E-state index in [9.17, 15) is 5.11 Å². The molecule has 114 valence electrons. The zero-order valence-electron chi connectivity index (χ0n) is 13.2. The Bertz CT molecular complexity index is 535. The number of aliphatic hydroxyl groups is 1. The van der Waals surface area contributed by atoms with Gasteiger partial charge in [0, 0.05) is 25.1 Å². The van der Waals surface area contributed by atoms with Crippen molar-refractivity contribution in [3.8, 4) is 0 Å². The molecule has 3 unspecified atom stereocenters. The summed E-state index contributed by atoms with van der Waals surface area (Å²) in [5.74, 6) is 0.616. The second-order valence-electron chi connectivity index (χ2n) is 5.80. The highest BCUT2D eigenvalue weighted by Gasteiger charge is 2.26. The Morgan fingerprint density at radius 2 is 1.90 bits per heavy atom. The van der Waals surface area contributed by atoms with E-state index in [1.54, 1.807) is 0 Å². The topological polar surface area (TPSA) is 38.1 Å². The molecule has 2 rings (SSSR count). The number of aliphatic hydroxyl groups excluding tert-OH is 1. The summed E-state index contributed by atoms with van der Waals surface area (Å²) in [6.45, 7) is 7.33. The first-order valence-electron chi connectivity index (χ1n) is 7.90. The van der Waals surface area contributed by atoms with Crippen LogP contribution >= 0.6 is 0 Å². The van der Waals surface area contributed by atoms with E-state index in [4.69, 9.17) is 0 Å². The van der Waals surface area contributed by atoms with Gasteiger partial charge >= 0.3 is 0 Å². The van der Waals surface area contributed by atoms with Crippen molar-refractivity contribution in [2.45, 2.75) is 52.2 Å². The molecule has 3 nitrogen and oxygen atoms in total. The van der Waals surface area contributed by atoms with Crippen molar-refractivity contribution < 1.29 is 5.11 Å². The summed E-state index contributed by atoms with van der Waals surface area (Å²) in [5.41, 5.74) is 2.33. The molecule has 1 N–H and O–H groups in total. The Kier molecular flexibility index (Phi) is 5.57. The molecule has 0 aliphatic rings. The minimum absolute atomic E-state index is 0.168. The van der Waals surface area contributed by atoms with Crippen LogP contribution in [0.1, 0.15) is 44.2 Å². The summed E-state index contributed by atoms with van der Waals surface area (Å²) in [6, 6.07) is 10.4. The maximum atomic E-state index is 10.8. The van der Waals surface area contributed by atoms with E-state index in [1.165, 1.54) is 5.56 Å². The van der Waals surface area contributed by atoms with E-state index in [0.717, 1.165) is 18.5 Å². The van der Waals surface area contributed by atoms with Gasteiger partial charge in [0.05, 0.1) is 12.3 Å². The summed E-state index contributed by atoms with van der Waals surface area (Å²) >= 11 is 0. The van der Waals surface area contributed by atoms with Gasteiger partial charge in [-0.1, -0.05) is 50.6 Å². The lowest BCUT2D eigenvalue weighted by Gasteiger charge is -2.28. The van der Waals surface area contributed by atoms with E-state index in [1.807, 2.05) is 35.3 Å². The quantitative estimate of drug-likeness (QED) is 0.844. The zero-order valence-corrected chi connectivity index (χ0v) is 13.2. The molecule has 0 fully saturated rings. The molecule has 0 saturated heterocycles. The molecule has 0 aliphatic carbocycles. The minimum Gasteiger partial charge on any atom is -0.392 e. The molecule has 1 aromatic carbocycles. The van der Waals surface area contributed by atoms with Gasteiger partial charge in [0.25, 0.3) is 0 Å². The molecule has 0 amide bonds. The number of hydrogen-bond donors (Lipinski definition) is 1. The van der Waals surface area contributed by atoms with Gasteiger partial charge in [-0.25, -0.2) is 0 Å². The molecule has 21 heavy (non-hydrogen) atoms. The lowest BCUT2D eigenvalue weighted by Crippen LogP contribution is -2.26. The molecule has 0 spiro atoms. The smallest absolute Gasteiger partial charge is 0.0652 e. The summed E-state index contributed by atoms with van der Waals surface area (Å²) in [4.78, 5) is 0. The molecule has 1 aromatic heterocycles. The minimum atomic E-state index is -0.378. The third-order valence-corrected chi connectivity index (χ3v) is 4.31. The van der Waals surface area contributed by atoms with E-state index in [0.29, 0.717) is 12.3 Å². The van der Waals surface area contributed by atoms with Crippen molar-refractivity contribution in [1.82, 2.24) is 9.78 Å². The Morgan fingerprint density at radius 3 is 2.48 bits per heavy atom. The lowest BCUT2D eigenvalue weighted by molar-refractivity contribution is 0.117. The summed E-state index contributed by atoms with van der Waals surface area (Å²) in [6.07, 6.45) is 5.24. The highest BCUT2D eigenvalue weighted by molar-refractivity contribution is 5.22. The fourth-order valence-electron chi connectivity index (χ4n) is 2.91. The van der Waals surface area contributed by atoms with Crippen LogP contribution in [0.25, 0.3) is 0 Å². The zero-order chi connectivity index (χ0) is 15.2. The number of nitrogens with zero attached hydrogens (tertiary/aromatic N) is 2. The standard InChI is InChI=1S/C18H26N2O/c1-4-14(3)18(16-9-7-6-8-10-16)17(21)11-15-12-19-20(5-2)13-15/h6-10,12-14,17-18,21H,4-5,11H2,1-3H3. The summed E-state index contributed by atoms with van der Waals surface area (Å²) in [7, 11) is 0. The van der Waals surface area contributed by atoms with Gasteiger partial charge in [0.1, 0.15) is 0 Å². The summed E-state index contributed by atoms with van der Waals surface area (Å²) in [5, 5.41) is 15.1. The van der Waals surface area contributed by atoms with Gasteiger partial charge in [-0.3, -0.25) is 4.68 Å². The average molecular weight is 286 g/mol. The molecule has 0 radical (unpaired) electrons. The Hall–Kier alpha value is -1.61. The van der Waals surface area contributed by atoms with Gasteiger partial charge < -0.3 is 5.11 Å². The van der Waals surface area contributed by atoms with Crippen LogP contribution in [0.2, 0.25) is 0 Å². The number of rotatable bonds is 7. The maximum Gasteiger partial charge on any atom is 0.0652 e. The molecule has 0 saturated carbocycles. The van der Waals surface area contributed by atoms with E-state index in [-0.39, 0.29) is 12.0 Å². The highest BCUT2D eigenvalue weighted by Crippen LogP contribution is 2.31. The lowest BCUT2D eigenvalue weighted by atomic mass is 9.80. The van der Waals surface area contributed by atoms with Crippen LogP contribution in [0, 0.1) is 5.92 Å². The number of aromatic nitrogens is 2. The first kappa shape index (κ1) is 15.8. The predicted molar refractivity (Wildman–Crippen MR) is 86.2 cm³/mol. The number of aryl methyl sites for hydroxylation is 1. The van der Waals surface area contributed by atoms with E-state index >= 15 is 0 Å². The third kappa shape index (κ3) is 3.94. The van der Waals surface area contributed by atoms with Crippen molar-refractivity contribution >= 4 is 0 Å². The molecule has 1 heterocycles. The van der Waals surface area contributed by atoms with Gasteiger partial charge in [-0.05, 0) is 24.0 Å². The fourth-order valence-corrected chi connectivity index (χ4v) is 2.91. The first-order chi connectivity index (χ1) is 10.2. The molecular formula is C18H26N2O. The van der Waals surface area contributed by atoms with Crippen molar-refractivity contribution in [2.24, 2.45) is 5.92 Å². The van der Waals surface area contributed by atoms with Crippen LogP contribution in [0.15, 0.2) is 42.7 Å². The van der Waals surface area contributed by atoms with Crippen LogP contribution in [0.4, 0.5) is 0 Å². The fraction of sp³-hybridized carbons (Fsp3) is 0.500. The van der Waals surface area contributed by atoms with Crippen LogP contribution in [0.3, 0.4) is 0 Å². The van der Waals surface area contributed by atoms with Crippen LogP contribution in [-0.2, 0) is 13.0 Å². The highest BCUT2D eigenvalue weighted by atomic mass is 16.3. The molecule has 3 atom stereocenters. The SMILES string of the molecule is CCC(C)C(c1ccccc1)C(O)Cc1cnn(CC)c1. The van der Waals surface area contributed by atoms with Crippen molar-refractivity contribution in [1.29, 1.82) is 0 Å². The second-order valence-corrected chi connectivity index (χ2v) is 5.80. The van der Waals surface area contributed by atoms with E-state index < -0.39 is 0 Å². The van der Waals surface area contributed by atoms with Crippen molar-refractivity contribution in [3.05, 3.63) is 53.9 Å². The molecule has 0 aliphatic heterocycles. The first-order valence-corrected chi connectivity index (χ1v) is 7.90. The summed E-state index contributed by atoms with van der Waals surface area (Å²) < 4.78 is 1.91. The van der Waals surface area contributed by atoms with Crippen LogP contribution < -0.4 is 0 Å². The van der Waals surface area contributed by atoms with Gasteiger partial charge in [0.2, 0.25) is 0 Å². The molecular weight excluding hydrogens is 260 g/mol. The Labute approximate surface area is 127 Å². The maximum absolute atomic E-state index is 10.8. The number of benzene rings is 1. The molecule has 2 aromatic rings. The van der Waals surface area contributed by atoms with Crippen LogP contribution in [0.5, 0.6) is 0 Å². The Morgan fingerprint density at radius 1 is 1.19 bits per heavy atom. The average Bonchev–Trinajstić information content (AvgIpc) is 2.96. The van der Waals surface area contributed by atoms with Gasteiger partial charge in [-0.15, -0.1) is 0 Å². The second kappa shape index (κ2) is 7.41. The monoisotopic (exact) mass is 286 g/mol. The van der Waals surface area contributed by atoms with Crippen molar-refractivity contribution in [2.75, 3.05) is 0 Å². The number of hydrogen-bond acceptors (Lipinski definition) is 2. The normalized spacial score (nSPS) is 15.6.